The van der Waals surface area contributed by atoms with Crippen LogP contribution < -0.4 is 10.6 Å². The van der Waals surface area contributed by atoms with Crippen LogP contribution in [0.25, 0.3) is 0 Å². The van der Waals surface area contributed by atoms with Crippen LogP contribution in [-0.2, 0) is 20.9 Å². The number of aryl methyl sites for hydroxylation is 1. The number of benzene rings is 2. The summed E-state index contributed by atoms with van der Waals surface area (Å²) in [5, 5.41) is 5.71. The van der Waals surface area contributed by atoms with Crippen molar-refractivity contribution in [3.8, 4) is 0 Å². The zero-order chi connectivity index (χ0) is 29.2. The van der Waals surface area contributed by atoms with Gasteiger partial charge in [0.05, 0.1) is 0 Å². The number of hydrogen-bond donors (Lipinski definition) is 3. The Bertz CT molecular complexity index is 1070. The van der Waals surface area contributed by atoms with Gasteiger partial charge in [-0.05, 0) is 64.5 Å². The Morgan fingerprint density at radius 1 is 0.949 bits per heavy atom. The molecule has 2 aromatic carbocycles. The Hall–Kier alpha value is -3.00. The molecule has 0 heterocycles. The first-order chi connectivity index (χ1) is 18.3. The normalized spacial score (nSPS) is 13.8. The van der Waals surface area contributed by atoms with Crippen LogP contribution in [0.5, 0.6) is 0 Å². The first-order valence-electron chi connectivity index (χ1n) is 13.6. The number of ether oxygens (including phenoxy) is 1. The fraction of sp³-hybridized carbons (Fsp3) is 0.516. The maximum Gasteiger partial charge on any atom is 0.408 e. The number of nitrogens with one attached hydrogen (secondary N) is 2. The molecule has 8 heteroatoms. The van der Waals surface area contributed by atoms with E-state index < -0.39 is 23.8 Å². The quantitative estimate of drug-likeness (QED) is 0.288. The first kappa shape index (κ1) is 32.2. The molecular formula is C31H45N3O4S. The molecule has 0 spiro atoms. The van der Waals surface area contributed by atoms with E-state index in [4.69, 9.17) is 4.74 Å². The first-order valence-corrected chi connectivity index (χ1v) is 14.3. The maximum absolute atomic E-state index is 14.1. The molecule has 39 heavy (non-hydrogen) atoms. The Balaban J connectivity index is 2.48. The van der Waals surface area contributed by atoms with Crippen LogP contribution in [0.2, 0.25) is 0 Å². The number of alkyl carbamates (subject to hydrolysis) is 1. The van der Waals surface area contributed by atoms with E-state index in [0.717, 1.165) is 17.5 Å². The van der Waals surface area contributed by atoms with Gasteiger partial charge in [-0.3, -0.25) is 9.59 Å². The van der Waals surface area contributed by atoms with Crippen LogP contribution in [0.3, 0.4) is 0 Å². The molecule has 0 aromatic heterocycles. The highest BCUT2D eigenvalue weighted by atomic mass is 32.1. The van der Waals surface area contributed by atoms with E-state index in [-0.39, 0.29) is 23.6 Å². The molecule has 7 nitrogen and oxygen atoms in total. The van der Waals surface area contributed by atoms with Gasteiger partial charge in [-0.25, -0.2) is 4.79 Å². The van der Waals surface area contributed by atoms with Crippen LogP contribution in [0.1, 0.15) is 77.1 Å². The van der Waals surface area contributed by atoms with Crippen LogP contribution in [0.4, 0.5) is 4.79 Å². The van der Waals surface area contributed by atoms with Crippen molar-refractivity contribution in [3.63, 3.8) is 0 Å². The van der Waals surface area contributed by atoms with E-state index >= 15 is 0 Å². The van der Waals surface area contributed by atoms with Gasteiger partial charge in [0.2, 0.25) is 11.8 Å². The van der Waals surface area contributed by atoms with Crippen LogP contribution in [0.15, 0.2) is 54.6 Å². The van der Waals surface area contributed by atoms with Crippen molar-refractivity contribution in [1.29, 1.82) is 0 Å². The number of amides is 3. The minimum absolute atomic E-state index is 0.0533. The van der Waals surface area contributed by atoms with Gasteiger partial charge in [0.15, 0.2) is 0 Å². The van der Waals surface area contributed by atoms with E-state index in [1.165, 1.54) is 0 Å². The van der Waals surface area contributed by atoms with Crippen molar-refractivity contribution < 1.29 is 19.1 Å². The zero-order valence-corrected chi connectivity index (χ0v) is 25.3. The largest absolute Gasteiger partial charge is 0.444 e. The number of rotatable bonds is 12. The minimum Gasteiger partial charge on any atom is -0.444 e. The summed E-state index contributed by atoms with van der Waals surface area (Å²) in [6.07, 6.45) is 0.871. The topological polar surface area (TPSA) is 87.7 Å². The second-order valence-corrected chi connectivity index (χ2v) is 11.8. The predicted octanol–water partition coefficient (Wildman–Crippen LogP) is 5.83. The van der Waals surface area contributed by atoms with E-state index in [2.05, 4.69) is 37.1 Å². The number of thiol groups is 1. The summed E-state index contributed by atoms with van der Waals surface area (Å²) in [6, 6.07) is 15.1. The van der Waals surface area contributed by atoms with Gasteiger partial charge >= 0.3 is 6.09 Å². The Kier molecular flexibility index (Phi) is 12.4. The number of hydrogen-bond acceptors (Lipinski definition) is 5. The summed E-state index contributed by atoms with van der Waals surface area (Å²) < 4.78 is 5.40. The van der Waals surface area contributed by atoms with E-state index in [1.54, 1.807) is 25.7 Å². The SMILES string of the molecule is Cc1ccc(C(C(=O)NCc2ccccc2)N(C(=O)C(CS)NC(=O)OC(C)(C)C)C(C)CCC(C)C)cc1. The van der Waals surface area contributed by atoms with Gasteiger partial charge in [-0.15, -0.1) is 0 Å². The molecule has 2 rings (SSSR count). The van der Waals surface area contributed by atoms with Crippen molar-refractivity contribution in [2.45, 2.75) is 91.6 Å². The average Bonchev–Trinajstić information content (AvgIpc) is 2.87. The van der Waals surface area contributed by atoms with Crippen molar-refractivity contribution in [3.05, 3.63) is 71.3 Å². The van der Waals surface area contributed by atoms with E-state index in [9.17, 15) is 14.4 Å². The fourth-order valence-electron chi connectivity index (χ4n) is 4.20. The molecule has 0 saturated heterocycles. The van der Waals surface area contributed by atoms with Gasteiger partial charge in [0, 0.05) is 18.3 Å². The van der Waals surface area contributed by atoms with Crippen molar-refractivity contribution >= 4 is 30.5 Å². The highest BCUT2D eigenvalue weighted by molar-refractivity contribution is 7.80. The lowest BCUT2D eigenvalue weighted by Gasteiger charge is -2.38. The monoisotopic (exact) mass is 555 g/mol. The number of carbonyl (C=O) groups is 3. The molecule has 0 radical (unpaired) electrons. The van der Waals surface area contributed by atoms with Crippen molar-refractivity contribution in [2.75, 3.05) is 5.75 Å². The van der Waals surface area contributed by atoms with E-state index in [1.807, 2.05) is 68.4 Å². The van der Waals surface area contributed by atoms with Gasteiger partial charge in [-0.1, -0.05) is 74.0 Å². The summed E-state index contributed by atoms with van der Waals surface area (Å²) in [4.78, 5) is 42.2. The molecule has 0 aliphatic rings. The molecule has 3 amide bonds. The van der Waals surface area contributed by atoms with Gasteiger partial charge in [0.1, 0.15) is 17.7 Å². The standard InChI is InChI=1S/C31H45N3O4S/c1-21(2)13-16-23(4)34(29(36)26(20-39)33-30(37)38-31(5,6)7)27(25-17-14-22(3)15-18-25)28(35)32-19-24-11-9-8-10-12-24/h8-12,14-15,17-18,21,23,26-27,39H,13,16,19-20H2,1-7H3,(H,32,35)(H,33,37). The summed E-state index contributed by atoms with van der Waals surface area (Å²) in [7, 11) is 0. The third kappa shape index (κ3) is 10.6. The second-order valence-electron chi connectivity index (χ2n) is 11.5. The second kappa shape index (κ2) is 15.0. The third-order valence-corrected chi connectivity index (χ3v) is 6.66. The third-order valence-electron chi connectivity index (χ3n) is 6.29. The van der Waals surface area contributed by atoms with Crippen molar-refractivity contribution in [2.24, 2.45) is 5.92 Å². The predicted molar refractivity (Wildman–Crippen MR) is 160 cm³/mol. The zero-order valence-electron chi connectivity index (χ0n) is 24.4. The minimum atomic E-state index is -0.973. The molecule has 0 fully saturated rings. The smallest absolute Gasteiger partial charge is 0.408 e. The van der Waals surface area contributed by atoms with Gasteiger partial charge < -0.3 is 20.3 Å². The lowest BCUT2D eigenvalue weighted by atomic mass is 9.96. The fourth-order valence-corrected chi connectivity index (χ4v) is 4.44. The lowest BCUT2D eigenvalue weighted by Crippen LogP contribution is -2.56. The Labute approximate surface area is 239 Å². The summed E-state index contributed by atoms with van der Waals surface area (Å²) in [6.45, 7) is 13.8. The molecule has 0 aliphatic carbocycles. The van der Waals surface area contributed by atoms with Crippen LogP contribution >= 0.6 is 12.6 Å². The number of carbonyl (C=O) groups excluding carboxylic acids is 3. The molecule has 0 bridgehead atoms. The highest BCUT2D eigenvalue weighted by Gasteiger charge is 2.38. The molecule has 214 valence electrons. The Morgan fingerprint density at radius 2 is 1.56 bits per heavy atom. The Morgan fingerprint density at radius 3 is 2.10 bits per heavy atom. The summed E-state index contributed by atoms with van der Waals surface area (Å²) in [5.74, 6) is -0.192. The highest BCUT2D eigenvalue weighted by Crippen LogP contribution is 2.28. The lowest BCUT2D eigenvalue weighted by molar-refractivity contribution is -0.144. The summed E-state index contributed by atoms with van der Waals surface area (Å²) >= 11 is 4.38. The van der Waals surface area contributed by atoms with Crippen LogP contribution in [-0.4, -0.2) is 46.2 Å². The molecule has 0 aliphatic heterocycles. The van der Waals surface area contributed by atoms with E-state index in [0.29, 0.717) is 24.4 Å². The summed E-state index contributed by atoms with van der Waals surface area (Å²) in [5.41, 5.74) is 1.98. The maximum atomic E-state index is 14.1. The molecule has 3 unspecified atom stereocenters. The van der Waals surface area contributed by atoms with Crippen molar-refractivity contribution in [1.82, 2.24) is 15.5 Å². The average molecular weight is 556 g/mol. The number of nitrogens with zero attached hydrogens (tertiary/aromatic N) is 1. The van der Waals surface area contributed by atoms with Crippen LogP contribution in [0, 0.1) is 12.8 Å². The van der Waals surface area contributed by atoms with Gasteiger partial charge in [0.25, 0.3) is 0 Å². The molecule has 2 aromatic rings. The molecule has 0 saturated carbocycles. The van der Waals surface area contributed by atoms with Gasteiger partial charge in [-0.2, -0.15) is 12.6 Å². The molecule has 2 N–H and O–H groups in total. The molecule has 3 atom stereocenters. The molecular weight excluding hydrogens is 510 g/mol.